The molecule has 0 radical (unpaired) electrons. The average Bonchev–Trinajstić information content (AvgIpc) is 3.04. The zero-order chi connectivity index (χ0) is 11.5. The third-order valence-electron chi connectivity index (χ3n) is 3.68. The molecule has 2 rings (SSSR count). The van der Waals surface area contributed by atoms with Gasteiger partial charge >= 0.3 is 0 Å². The van der Waals surface area contributed by atoms with Crippen LogP contribution >= 0.6 is 0 Å². The molecular formula is C13H23N3. The Labute approximate surface area is 98.2 Å². The summed E-state index contributed by atoms with van der Waals surface area (Å²) in [6.07, 6.45) is 5.90. The summed E-state index contributed by atoms with van der Waals surface area (Å²) in [6.45, 7) is 5.68. The molecule has 2 unspecified atom stereocenters. The highest BCUT2D eigenvalue weighted by atomic mass is 15.3. The topological polar surface area (TPSA) is 29.9 Å². The van der Waals surface area contributed by atoms with Gasteiger partial charge < -0.3 is 5.32 Å². The van der Waals surface area contributed by atoms with E-state index in [-0.39, 0.29) is 0 Å². The van der Waals surface area contributed by atoms with Gasteiger partial charge in [0.05, 0.1) is 11.7 Å². The van der Waals surface area contributed by atoms with E-state index in [0.29, 0.717) is 6.04 Å². The summed E-state index contributed by atoms with van der Waals surface area (Å²) in [7, 11) is 2.04. The summed E-state index contributed by atoms with van der Waals surface area (Å²) in [5.41, 5.74) is 1.33. The summed E-state index contributed by atoms with van der Waals surface area (Å²) in [4.78, 5) is 0. The number of rotatable bonds is 6. The predicted molar refractivity (Wildman–Crippen MR) is 66.1 cm³/mol. The van der Waals surface area contributed by atoms with E-state index in [1.807, 2.05) is 17.9 Å². The number of hydrogen-bond donors (Lipinski definition) is 1. The fourth-order valence-electron chi connectivity index (χ4n) is 2.44. The molecule has 1 aliphatic rings. The Morgan fingerprint density at radius 1 is 1.56 bits per heavy atom. The molecule has 0 aromatic carbocycles. The number of nitrogens with one attached hydrogen (secondary N) is 1. The highest BCUT2D eigenvalue weighted by Crippen LogP contribution is 2.42. The van der Waals surface area contributed by atoms with Crippen LogP contribution in [0.2, 0.25) is 0 Å². The van der Waals surface area contributed by atoms with Gasteiger partial charge in [-0.3, -0.25) is 4.68 Å². The molecule has 3 heteroatoms. The minimum atomic E-state index is 0.472. The summed E-state index contributed by atoms with van der Waals surface area (Å²) in [5.74, 6) is 1.64. The van der Waals surface area contributed by atoms with Crippen molar-refractivity contribution in [1.29, 1.82) is 0 Å². The molecule has 1 aliphatic carbocycles. The molecule has 1 aromatic heterocycles. The largest absolute Gasteiger partial charge is 0.308 e. The monoisotopic (exact) mass is 221 g/mol. The maximum absolute atomic E-state index is 4.28. The molecule has 0 aliphatic heterocycles. The molecule has 90 valence electrons. The van der Waals surface area contributed by atoms with Crippen molar-refractivity contribution in [2.45, 2.75) is 39.2 Å². The summed E-state index contributed by atoms with van der Waals surface area (Å²) in [6, 6.07) is 2.62. The van der Waals surface area contributed by atoms with Crippen LogP contribution in [-0.4, -0.2) is 16.3 Å². The van der Waals surface area contributed by atoms with Gasteiger partial charge in [-0.15, -0.1) is 0 Å². The van der Waals surface area contributed by atoms with Crippen LogP contribution in [0.5, 0.6) is 0 Å². The van der Waals surface area contributed by atoms with Crippen molar-refractivity contribution in [3.8, 4) is 0 Å². The van der Waals surface area contributed by atoms with Gasteiger partial charge in [0.2, 0.25) is 0 Å². The van der Waals surface area contributed by atoms with E-state index in [2.05, 4.69) is 30.3 Å². The van der Waals surface area contributed by atoms with Gasteiger partial charge in [-0.2, -0.15) is 5.10 Å². The number of nitrogens with zero attached hydrogens (tertiary/aromatic N) is 2. The van der Waals surface area contributed by atoms with Gasteiger partial charge in [0.25, 0.3) is 0 Å². The Kier molecular flexibility index (Phi) is 3.64. The molecule has 2 atom stereocenters. The van der Waals surface area contributed by atoms with Crippen LogP contribution in [0.1, 0.15) is 44.8 Å². The first-order valence-corrected chi connectivity index (χ1v) is 6.45. The molecule has 1 N–H and O–H groups in total. The molecule has 0 saturated heterocycles. The molecular weight excluding hydrogens is 198 g/mol. The van der Waals surface area contributed by atoms with Crippen molar-refractivity contribution >= 4 is 0 Å². The Morgan fingerprint density at radius 3 is 2.81 bits per heavy atom. The van der Waals surface area contributed by atoms with Gasteiger partial charge in [0, 0.05) is 13.2 Å². The molecule has 1 heterocycles. The minimum Gasteiger partial charge on any atom is -0.308 e. The normalized spacial score (nSPS) is 19.7. The van der Waals surface area contributed by atoms with E-state index >= 15 is 0 Å². The number of aromatic nitrogens is 2. The lowest BCUT2D eigenvalue weighted by Crippen LogP contribution is -2.30. The first-order valence-electron chi connectivity index (χ1n) is 6.45. The van der Waals surface area contributed by atoms with Crippen molar-refractivity contribution in [3.63, 3.8) is 0 Å². The lowest BCUT2D eigenvalue weighted by atomic mass is 9.94. The smallest absolute Gasteiger partial charge is 0.0553 e. The maximum Gasteiger partial charge on any atom is 0.0553 e. The molecule has 16 heavy (non-hydrogen) atoms. The van der Waals surface area contributed by atoms with E-state index in [0.717, 1.165) is 18.4 Å². The van der Waals surface area contributed by atoms with Crippen molar-refractivity contribution < 1.29 is 0 Å². The lowest BCUT2D eigenvalue weighted by molar-refractivity contribution is 0.334. The van der Waals surface area contributed by atoms with E-state index in [1.165, 1.54) is 25.0 Å². The van der Waals surface area contributed by atoms with Crippen LogP contribution in [-0.2, 0) is 7.05 Å². The van der Waals surface area contributed by atoms with Gasteiger partial charge in [0.15, 0.2) is 0 Å². The van der Waals surface area contributed by atoms with Crippen LogP contribution in [0, 0.1) is 11.8 Å². The number of hydrogen-bond acceptors (Lipinski definition) is 2. The molecule has 1 aromatic rings. The zero-order valence-electron chi connectivity index (χ0n) is 10.6. The van der Waals surface area contributed by atoms with E-state index in [9.17, 15) is 0 Å². The van der Waals surface area contributed by atoms with E-state index in [4.69, 9.17) is 0 Å². The first kappa shape index (κ1) is 11.6. The van der Waals surface area contributed by atoms with Crippen LogP contribution in [0.15, 0.2) is 12.3 Å². The van der Waals surface area contributed by atoms with Crippen LogP contribution in [0.25, 0.3) is 0 Å². The Hall–Kier alpha value is -0.830. The summed E-state index contributed by atoms with van der Waals surface area (Å²) < 4.78 is 2.01. The quantitative estimate of drug-likeness (QED) is 0.800. The second-order valence-electron chi connectivity index (χ2n) is 5.01. The summed E-state index contributed by atoms with van der Waals surface area (Å²) >= 11 is 0. The van der Waals surface area contributed by atoms with Crippen LogP contribution in [0.4, 0.5) is 0 Å². The van der Waals surface area contributed by atoms with Crippen LogP contribution < -0.4 is 5.32 Å². The second kappa shape index (κ2) is 5.00. The van der Waals surface area contributed by atoms with Crippen LogP contribution in [0.3, 0.4) is 0 Å². The fraction of sp³-hybridized carbons (Fsp3) is 0.769. The van der Waals surface area contributed by atoms with Crippen molar-refractivity contribution in [2.75, 3.05) is 6.54 Å². The van der Waals surface area contributed by atoms with Gasteiger partial charge in [-0.25, -0.2) is 0 Å². The average molecular weight is 221 g/mol. The standard InChI is InChI=1S/C13H23N3/c1-4-8-14-13(10(2)11-5-6-11)12-7-9-15-16(12)3/h7,9-11,13-14H,4-6,8H2,1-3H3. The molecule has 1 saturated carbocycles. The Balaban J connectivity index is 2.10. The second-order valence-corrected chi connectivity index (χ2v) is 5.01. The van der Waals surface area contributed by atoms with Gasteiger partial charge in [0.1, 0.15) is 0 Å². The minimum absolute atomic E-state index is 0.472. The van der Waals surface area contributed by atoms with Gasteiger partial charge in [-0.05, 0) is 43.7 Å². The van der Waals surface area contributed by atoms with Crippen molar-refractivity contribution in [3.05, 3.63) is 18.0 Å². The predicted octanol–water partition coefficient (Wildman–Crippen LogP) is 2.51. The number of aryl methyl sites for hydroxylation is 1. The molecule has 0 amide bonds. The third kappa shape index (κ3) is 2.46. The summed E-state index contributed by atoms with van der Waals surface area (Å²) in [5, 5.41) is 7.96. The fourth-order valence-corrected chi connectivity index (χ4v) is 2.44. The Morgan fingerprint density at radius 2 is 2.31 bits per heavy atom. The zero-order valence-corrected chi connectivity index (χ0v) is 10.6. The molecule has 1 fully saturated rings. The first-order chi connectivity index (χ1) is 7.74. The lowest BCUT2D eigenvalue weighted by Gasteiger charge is -2.25. The highest BCUT2D eigenvalue weighted by Gasteiger charge is 2.34. The van der Waals surface area contributed by atoms with Crippen molar-refractivity contribution in [1.82, 2.24) is 15.1 Å². The van der Waals surface area contributed by atoms with Gasteiger partial charge in [-0.1, -0.05) is 13.8 Å². The van der Waals surface area contributed by atoms with Crippen molar-refractivity contribution in [2.24, 2.45) is 18.9 Å². The molecule has 0 bridgehead atoms. The molecule has 0 spiro atoms. The Bertz CT molecular complexity index is 328. The maximum atomic E-state index is 4.28. The van der Waals surface area contributed by atoms with E-state index in [1.54, 1.807) is 0 Å². The SMILES string of the molecule is CCCNC(c1ccnn1C)C(C)C1CC1. The van der Waals surface area contributed by atoms with E-state index < -0.39 is 0 Å². The molecule has 3 nitrogen and oxygen atoms in total. The third-order valence-corrected chi connectivity index (χ3v) is 3.68. The highest BCUT2D eigenvalue weighted by molar-refractivity contribution is 5.09.